The van der Waals surface area contributed by atoms with Gasteiger partial charge in [-0.25, -0.2) is 0 Å². The summed E-state index contributed by atoms with van der Waals surface area (Å²) in [4.78, 5) is 10.5. The molecule has 0 aliphatic heterocycles. The molecule has 0 heterocycles. The van der Waals surface area contributed by atoms with Gasteiger partial charge in [0.2, 0.25) is 0 Å². The standard InChI is InChI=1S/C23H31ClO5/c24-17-10-7-16(8-11-17)9-12-18(25)13-14-20-19(21(26)15-22(20)27)5-3-1-2-4-6-23(28)29/h7-8,10-11,18-22,25-27H,1-6,13-15H2,(H,28,29)/t18?,19?,20-,21+,22-/m1/s1. The minimum atomic E-state index is -0.785. The molecule has 1 aliphatic rings. The van der Waals surface area contributed by atoms with Gasteiger partial charge in [0, 0.05) is 17.0 Å². The molecular formula is C23H31ClO5. The number of hydrogen-bond acceptors (Lipinski definition) is 4. The number of carbonyl (C=O) groups is 1. The predicted molar refractivity (Wildman–Crippen MR) is 113 cm³/mol. The van der Waals surface area contributed by atoms with Gasteiger partial charge in [-0.05, 0) is 68.2 Å². The van der Waals surface area contributed by atoms with Crippen LogP contribution >= 0.6 is 11.6 Å². The Morgan fingerprint density at radius 1 is 1.03 bits per heavy atom. The first-order valence-electron chi connectivity index (χ1n) is 10.4. The van der Waals surface area contributed by atoms with Gasteiger partial charge < -0.3 is 20.4 Å². The predicted octanol–water partition coefficient (Wildman–Crippen LogP) is 3.62. The zero-order valence-electron chi connectivity index (χ0n) is 16.6. The van der Waals surface area contributed by atoms with E-state index < -0.39 is 24.3 Å². The second-order valence-electron chi connectivity index (χ2n) is 7.91. The van der Waals surface area contributed by atoms with Crippen LogP contribution < -0.4 is 0 Å². The monoisotopic (exact) mass is 422 g/mol. The van der Waals surface area contributed by atoms with Crippen molar-refractivity contribution in [1.82, 2.24) is 0 Å². The van der Waals surface area contributed by atoms with Crippen molar-refractivity contribution in [2.24, 2.45) is 11.8 Å². The third-order valence-electron chi connectivity index (χ3n) is 5.70. The SMILES string of the molecule is O=C(O)CCCCCCC1[C@@H](CCC(O)C#Cc2ccc(Cl)cc2)[C@H](O)C[C@@H]1O. The highest BCUT2D eigenvalue weighted by atomic mass is 35.5. The summed E-state index contributed by atoms with van der Waals surface area (Å²) in [5, 5.41) is 40.1. The summed E-state index contributed by atoms with van der Waals surface area (Å²) >= 11 is 5.84. The van der Waals surface area contributed by atoms with Crippen molar-refractivity contribution < 1.29 is 25.2 Å². The number of halogens is 1. The zero-order chi connectivity index (χ0) is 21.2. The lowest BCUT2D eigenvalue weighted by molar-refractivity contribution is -0.137. The summed E-state index contributed by atoms with van der Waals surface area (Å²) < 4.78 is 0. The van der Waals surface area contributed by atoms with E-state index in [-0.39, 0.29) is 18.3 Å². The molecule has 1 aromatic rings. The average molecular weight is 423 g/mol. The second kappa shape index (κ2) is 12.2. The van der Waals surface area contributed by atoms with E-state index in [1.807, 2.05) is 0 Å². The molecule has 0 saturated heterocycles. The van der Waals surface area contributed by atoms with Gasteiger partial charge in [0.05, 0.1) is 12.2 Å². The van der Waals surface area contributed by atoms with Gasteiger partial charge >= 0.3 is 5.97 Å². The molecule has 29 heavy (non-hydrogen) atoms. The number of hydrogen-bond donors (Lipinski definition) is 4. The van der Waals surface area contributed by atoms with Crippen LogP contribution in [0.2, 0.25) is 5.02 Å². The second-order valence-corrected chi connectivity index (χ2v) is 8.35. The van der Waals surface area contributed by atoms with E-state index in [1.165, 1.54) is 0 Å². The Balaban J connectivity index is 1.77. The van der Waals surface area contributed by atoms with Crippen LogP contribution in [0.1, 0.15) is 63.4 Å². The fraction of sp³-hybridized carbons (Fsp3) is 0.609. The largest absolute Gasteiger partial charge is 0.481 e. The van der Waals surface area contributed by atoms with Crippen LogP contribution in [-0.2, 0) is 4.79 Å². The molecule has 0 spiro atoms. The van der Waals surface area contributed by atoms with Crippen LogP contribution in [0.4, 0.5) is 0 Å². The first kappa shape index (κ1) is 23.7. The average Bonchev–Trinajstić information content (AvgIpc) is 2.94. The van der Waals surface area contributed by atoms with E-state index in [1.54, 1.807) is 24.3 Å². The summed E-state index contributed by atoms with van der Waals surface area (Å²) in [6.07, 6.45) is 3.94. The van der Waals surface area contributed by atoms with Gasteiger partial charge in [-0.3, -0.25) is 4.79 Å². The van der Waals surface area contributed by atoms with Crippen LogP contribution in [-0.4, -0.2) is 44.7 Å². The van der Waals surface area contributed by atoms with Gasteiger partial charge in [0.1, 0.15) is 6.10 Å². The maximum absolute atomic E-state index is 10.5. The molecule has 0 bridgehead atoms. The van der Waals surface area contributed by atoms with Gasteiger partial charge in [0.15, 0.2) is 0 Å². The summed E-state index contributed by atoms with van der Waals surface area (Å²) in [6.45, 7) is 0. The van der Waals surface area contributed by atoms with E-state index in [9.17, 15) is 20.1 Å². The molecule has 1 fully saturated rings. The number of carboxylic acid groups (broad SMARTS) is 1. The third kappa shape index (κ3) is 8.36. The van der Waals surface area contributed by atoms with E-state index >= 15 is 0 Å². The Labute approximate surface area is 177 Å². The number of aliphatic carboxylic acids is 1. The van der Waals surface area contributed by atoms with Crippen molar-refractivity contribution in [2.75, 3.05) is 0 Å². The molecular weight excluding hydrogens is 392 g/mol. The van der Waals surface area contributed by atoms with Crippen LogP contribution in [0.25, 0.3) is 0 Å². The molecule has 1 saturated carbocycles. The third-order valence-corrected chi connectivity index (χ3v) is 5.95. The molecule has 5 nitrogen and oxygen atoms in total. The van der Waals surface area contributed by atoms with Crippen LogP contribution in [0, 0.1) is 23.7 Å². The number of carboxylic acids is 1. The molecule has 2 rings (SSSR count). The van der Waals surface area contributed by atoms with Crippen LogP contribution in [0.15, 0.2) is 24.3 Å². The lowest BCUT2D eigenvalue weighted by atomic mass is 9.85. The van der Waals surface area contributed by atoms with Crippen LogP contribution in [0.3, 0.4) is 0 Å². The van der Waals surface area contributed by atoms with E-state index in [0.717, 1.165) is 31.2 Å². The first-order chi connectivity index (χ1) is 13.9. The lowest BCUT2D eigenvalue weighted by Gasteiger charge is -2.24. The highest BCUT2D eigenvalue weighted by molar-refractivity contribution is 6.30. The van der Waals surface area contributed by atoms with E-state index in [0.29, 0.717) is 30.7 Å². The van der Waals surface area contributed by atoms with Gasteiger partial charge in [-0.2, -0.15) is 0 Å². The number of unbranched alkanes of at least 4 members (excludes halogenated alkanes) is 3. The highest BCUT2D eigenvalue weighted by Crippen LogP contribution is 2.39. The maximum Gasteiger partial charge on any atom is 0.303 e. The van der Waals surface area contributed by atoms with Crippen molar-refractivity contribution in [3.8, 4) is 11.8 Å². The molecule has 0 aromatic heterocycles. The Morgan fingerprint density at radius 3 is 2.31 bits per heavy atom. The molecule has 0 amide bonds. The summed E-state index contributed by atoms with van der Waals surface area (Å²) in [5.74, 6) is 4.96. The number of benzene rings is 1. The Kier molecular flexibility index (Phi) is 9.96. The van der Waals surface area contributed by atoms with Crippen molar-refractivity contribution in [1.29, 1.82) is 0 Å². The fourth-order valence-corrected chi connectivity index (χ4v) is 4.24. The Morgan fingerprint density at radius 2 is 1.66 bits per heavy atom. The molecule has 1 aromatic carbocycles. The van der Waals surface area contributed by atoms with Crippen molar-refractivity contribution in [3.63, 3.8) is 0 Å². The van der Waals surface area contributed by atoms with Crippen molar-refractivity contribution in [2.45, 2.75) is 76.1 Å². The molecule has 160 valence electrons. The normalized spacial score (nSPS) is 24.7. The van der Waals surface area contributed by atoms with Gasteiger partial charge in [-0.15, -0.1) is 0 Å². The van der Waals surface area contributed by atoms with Gasteiger partial charge in [0.25, 0.3) is 0 Å². The van der Waals surface area contributed by atoms with E-state index in [2.05, 4.69) is 11.8 Å². The highest BCUT2D eigenvalue weighted by Gasteiger charge is 2.40. The number of rotatable bonds is 10. The summed E-state index contributed by atoms with van der Waals surface area (Å²) in [5.41, 5.74) is 0.783. The Bertz CT molecular complexity index is 693. The molecule has 4 N–H and O–H groups in total. The Hall–Kier alpha value is -1.58. The summed E-state index contributed by atoms with van der Waals surface area (Å²) in [7, 11) is 0. The maximum atomic E-state index is 10.5. The lowest BCUT2D eigenvalue weighted by Crippen LogP contribution is -2.23. The molecule has 6 heteroatoms. The molecule has 2 unspecified atom stereocenters. The number of aliphatic hydroxyl groups excluding tert-OH is 3. The molecule has 0 radical (unpaired) electrons. The first-order valence-corrected chi connectivity index (χ1v) is 10.8. The topological polar surface area (TPSA) is 98.0 Å². The van der Waals surface area contributed by atoms with Crippen molar-refractivity contribution >= 4 is 17.6 Å². The molecule has 1 aliphatic carbocycles. The quantitative estimate of drug-likeness (QED) is 0.341. The minimum absolute atomic E-state index is 0.0147. The zero-order valence-corrected chi connectivity index (χ0v) is 17.4. The van der Waals surface area contributed by atoms with Crippen molar-refractivity contribution in [3.05, 3.63) is 34.9 Å². The van der Waals surface area contributed by atoms with Crippen LogP contribution in [0.5, 0.6) is 0 Å². The van der Waals surface area contributed by atoms with E-state index in [4.69, 9.17) is 16.7 Å². The fourth-order valence-electron chi connectivity index (χ4n) is 4.11. The summed E-state index contributed by atoms with van der Waals surface area (Å²) in [6, 6.07) is 7.10. The number of aliphatic hydroxyl groups is 3. The minimum Gasteiger partial charge on any atom is -0.481 e. The molecule has 5 atom stereocenters. The van der Waals surface area contributed by atoms with Gasteiger partial charge in [-0.1, -0.05) is 42.7 Å². The smallest absolute Gasteiger partial charge is 0.303 e.